The molecule has 0 unspecified atom stereocenters. The third-order valence-electron chi connectivity index (χ3n) is 5.52. The van der Waals surface area contributed by atoms with Crippen molar-refractivity contribution < 1.29 is 9.53 Å². The molecule has 0 saturated carbocycles. The van der Waals surface area contributed by atoms with E-state index in [2.05, 4.69) is 15.5 Å². The number of hydrogen-bond acceptors (Lipinski definition) is 5. The predicted octanol–water partition coefficient (Wildman–Crippen LogP) is 7.55. The quantitative estimate of drug-likeness (QED) is 0.188. The van der Waals surface area contributed by atoms with Gasteiger partial charge in [0.25, 0.3) is 0 Å². The lowest BCUT2D eigenvalue weighted by atomic mass is 10.2. The number of hydrogen-bond donors (Lipinski definition) is 1. The van der Waals surface area contributed by atoms with Gasteiger partial charge in [-0.25, -0.2) is 0 Å². The molecule has 5 rings (SSSR count). The predicted molar refractivity (Wildman–Crippen MR) is 153 cm³/mol. The van der Waals surface area contributed by atoms with Crippen LogP contribution in [0.25, 0.3) is 17.1 Å². The number of nitrogens with one attached hydrogen (secondary N) is 1. The molecule has 1 heterocycles. The van der Waals surface area contributed by atoms with E-state index < -0.39 is 0 Å². The van der Waals surface area contributed by atoms with Crippen molar-refractivity contribution in [2.45, 2.75) is 11.8 Å². The van der Waals surface area contributed by atoms with Crippen molar-refractivity contribution in [2.75, 3.05) is 11.1 Å². The van der Waals surface area contributed by atoms with Gasteiger partial charge in [-0.1, -0.05) is 77.4 Å². The number of ether oxygens (including phenoxy) is 1. The molecule has 5 aromatic rings. The summed E-state index contributed by atoms with van der Waals surface area (Å²) in [6.45, 7) is 0.481. The van der Waals surface area contributed by atoms with Crippen LogP contribution in [-0.2, 0) is 11.4 Å². The number of benzene rings is 4. The number of carbonyl (C=O) groups is 1. The molecule has 38 heavy (non-hydrogen) atoms. The summed E-state index contributed by atoms with van der Waals surface area (Å²) in [5.74, 6) is 1.32. The van der Waals surface area contributed by atoms with Crippen LogP contribution in [0, 0.1) is 0 Å². The van der Waals surface area contributed by atoms with Crippen molar-refractivity contribution in [2.24, 2.45) is 0 Å². The molecule has 9 heteroatoms. The minimum absolute atomic E-state index is 0.146. The summed E-state index contributed by atoms with van der Waals surface area (Å²) in [5.41, 5.74) is 3.41. The SMILES string of the molecule is O=C(CSc1nnc(-c2cccc(Cl)c2)n1-c1ccc(Cl)cc1)Nc1ccc(OCc2ccccc2)cc1. The van der Waals surface area contributed by atoms with Crippen molar-refractivity contribution >= 4 is 46.6 Å². The first-order chi connectivity index (χ1) is 18.5. The number of aromatic nitrogens is 3. The lowest BCUT2D eigenvalue weighted by Crippen LogP contribution is -2.14. The summed E-state index contributed by atoms with van der Waals surface area (Å²) >= 11 is 13.6. The highest BCUT2D eigenvalue weighted by Gasteiger charge is 2.18. The fourth-order valence-corrected chi connectivity index (χ4v) is 4.77. The van der Waals surface area contributed by atoms with Crippen LogP contribution in [0.1, 0.15) is 5.56 Å². The highest BCUT2D eigenvalue weighted by Crippen LogP contribution is 2.30. The molecule has 0 atom stereocenters. The van der Waals surface area contributed by atoms with E-state index in [0.29, 0.717) is 33.3 Å². The number of rotatable bonds is 9. The zero-order valence-corrected chi connectivity index (χ0v) is 22.4. The van der Waals surface area contributed by atoms with Crippen LogP contribution in [-0.4, -0.2) is 26.4 Å². The maximum atomic E-state index is 12.7. The molecule has 190 valence electrons. The highest BCUT2D eigenvalue weighted by atomic mass is 35.5. The Morgan fingerprint density at radius 2 is 1.61 bits per heavy atom. The fraction of sp³-hybridized carbons (Fsp3) is 0.0690. The summed E-state index contributed by atoms with van der Waals surface area (Å²) < 4.78 is 7.70. The fourth-order valence-electron chi connectivity index (χ4n) is 3.70. The lowest BCUT2D eigenvalue weighted by molar-refractivity contribution is -0.113. The van der Waals surface area contributed by atoms with Crippen LogP contribution >= 0.6 is 35.0 Å². The Balaban J connectivity index is 1.25. The Bertz CT molecular complexity index is 1530. The Morgan fingerprint density at radius 3 is 2.34 bits per heavy atom. The standard InChI is InChI=1S/C29H22Cl2N4O2S/c30-22-9-13-25(14-10-22)35-28(21-7-4-8-23(31)17-21)33-34-29(35)38-19-27(36)32-24-11-15-26(16-12-24)37-18-20-5-2-1-3-6-20/h1-17H,18-19H2,(H,32,36). The highest BCUT2D eigenvalue weighted by molar-refractivity contribution is 7.99. The number of carbonyl (C=O) groups excluding carboxylic acids is 1. The molecule has 0 aliphatic rings. The van der Waals surface area contributed by atoms with Gasteiger partial charge in [0, 0.05) is 27.0 Å². The number of thioether (sulfide) groups is 1. The second-order valence-electron chi connectivity index (χ2n) is 8.26. The van der Waals surface area contributed by atoms with Crippen molar-refractivity contribution in [1.29, 1.82) is 0 Å². The first-order valence-electron chi connectivity index (χ1n) is 11.7. The van der Waals surface area contributed by atoms with Gasteiger partial charge in [-0.3, -0.25) is 9.36 Å². The third-order valence-corrected chi connectivity index (χ3v) is 6.94. The van der Waals surface area contributed by atoms with Crippen LogP contribution < -0.4 is 10.1 Å². The van der Waals surface area contributed by atoms with Crippen molar-refractivity contribution in [1.82, 2.24) is 14.8 Å². The topological polar surface area (TPSA) is 69.0 Å². The van der Waals surface area contributed by atoms with E-state index in [-0.39, 0.29) is 11.7 Å². The smallest absolute Gasteiger partial charge is 0.234 e. The van der Waals surface area contributed by atoms with Crippen LogP contribution in [0.15, 0.2) is 108 Å². The Hall–Kier alpha value is -3.78. The van der Waals surface area contributed by atoms with E-state index in [1.807, 2.05) is 89.5 Å². The zero-order chi connectivity index (χ0) is 26.3. The van der Waals surface area contributed by atoms with Crippen LogP contribution in [0.3, 0.4) is 0 Å². The van der Waals surface area contributed by atoms with Crippen LogP contribution in [0.5, 0.6) is 5.75 Å². The molecular weight excluding hydrogens is 539 g/mol. The van der Waals surface area contributed by atoms with Gasteiger partial charge in [0.15, 0.2) is 11.0 Å². The summed E-state index contributed by atoms with van der Waals surface area (Å²) in [4.78, 5) is 12.7. The molecule has 1 amide bonds. The Morgan fingerprint density at radius 1 is 0.842 bits per heavy atom. The van der Waals surface area contributed by atoms with Crippen molar-refractivity contribution in [3.8, 4) is 22.8 Å². The molecule has 4 aromatic carbocycles. The average molecular weight is 561 g/mol. The first kappa shape index (κ1) is 25.9. The van der Waals surface area contributed by atoms with E-state index in [9.17, 15) is 4.79 Å². The van der Waals surface area contributed by atoms with E-state index in [1.165, 1.54) is 11.8 Å². The molecule has 0 fully saturated rings. The summed E-state index contributed by atoms with van der Waals surface area (Å²) in [6.07, 6.45) is 0. The van der Waals surface area contributed by atoms with Crippen LogP contribution in [0.2, 0.25) is 10.0 Å². The molecule has 0 aliphatic carbocycles. The summed E-state index contributed by atoms with van der Waals surface area (Å²) in [5, 5.41) is 13.5. The molecule has 1 aromatic heterocycles. The molecule has 0 aliphatic heterocycles. The Labute approximate surface area is 234 Å². The summed E-state index contributed by atoms with van der Waals surface area (Å²) in [7, 11) is 0. The number of nitrogens with zero attached hydrogens (tertiary/aromatic N) is 3. The minimum atomic E-state index is -0.164. The first-order valence-corrected chi connectivity index (χ1v) is 13.5. The van der Waals surface area contributed by atoms with Crippen molar-refractivity contribution in [3.05, 3.63) is 119 Å². The van der Waals surface area contributed by atoms with Gasteiger partial charge in [0.2, 0.25) is 5.91 Å². The molecule has 0 bridgehead atoms. The molecule has 0 radical (unpaired) electrons. The summed E-state index contributed by atoms with van der Waals surface area (Å²) in [6, 6.07) is 32.0. The number of anilines is 1. The van der Waals surface area contributed by atoms with Gasteiger partial charge in [0.1, 0.15) is 12.4 Å². The maximum Gasteiger partial charge on any atom is 0.234 e. The average Bonchev–Trinajstić information content (AvgIpc) is 3.36. The van der Waals surface area contributed by atoms with Gasteiger partial charge in [-0.15, -0.1) is 10.2 Å². The van der Waals surface area contributed by atoms with E-state index in [4.69, 9.17) is 27.9 Å². The normalized spacial score (nSPS) is 10.8. The van der Waals surface area contributed by atoms with Gasteiger partial charge in [-0.2, -0.15) is 0 Å². The largest absolute Gasteiger partial charge is 0.489 e. The van der Waals surface area contributed by atoms with E-state index in [0.717, 1.165) is 22.6 Å². The van der Waals surface area contributed by atoms with E-state index in [1.54, 1.807) is 18.2 Å². The van der Waals surface area contributed by atoms with Gasteiger partial charge in [0.05, 0.1) is 5.75 Å². The molecule has 1 N–H and O–H groups in total. The zero-order valence-electron chi connectivity index (χ0n) is 20.1. The monoisotopic (exact) mass is 560 g/mol. The molecular formula is C29H22Cl2N4O2S. The molecule has 0 saturated heterocycles. The van der Waals surface area contributed by atoms with E-state index >= 15 is 0 Å². The van der Waals surface area contributed by atoms with Crippen molar-refractivity contribution in [3.63, 3.8) is 0 Å². The Kier molecular flexibility index (Phi) is 8.28. The second-order valence-corrected chi connectivity index (χ2v) is 10.1. The van der Waals surface area contributed by atoms with Gasteiger partial charge in [-0.05, 0) is 66.2 Å². The lowest BCUT2D eigenvalue weighted by Gasteiger charge is -2.11. The molecule has 0 spiro atoms. The van der Waals surface area contributed by atoms with Crippen LogP contribution in [0.4, 0.5) is 5.69 Å². The van der Waals surface area contributed by atoms with Gasteiger partial charge >= 0.3 is 0 Å². The molecule has 6 nitrogen and oxygen atoms in total. The maximum absolute atomic E-state index is 12.7. The minimum Gasteiger partial charge on any atom is -0.489 e. The second kappa shape index (κ2) is 12.2. The third kappa shape index (κ3) is 6.55. The number of amides is 1. The number of halogens is 2. The van der Waals surface area contributed by atoms with Gasteiger partial charge < -0.3 is 10.1 Å².